The van der Waals surface area contributed by atoms with Crippen molar-refractivity contribution in [1.82, 2.24) is 14.3 Å². The zero-order valence-electron chi connectivity index (χ0n) is 10.5. The highest BCUT2D eigenvalue weighted by atomic mass is 79.9. The summed E-state index contributed by atoms with van der Waals surface area (Å²) in [5, 5.41) is 0.0268. The standard InChI is InChI=1S/C12H14BrN3O2S/c1-9(10-3-5-11(13)6-4-10)15-19(17,18)12-7-16(2)8-14-12/h3-9,15H,1-2H3. The van der Waals surface area contributed by atoms with E-state index in [2.05, 4.69) is 25.6 Å². The van der Waals surface area contributed by atoms with Crippen molar-refractivity contribution in [3.05, 3.63) is 46.8 Å². The lowest BCUT2D eigenvalue weighted by Gasteiger charge is -2.13. The molecule has 0 aliphatic heterocycles. The predicted molar refractivity (Wildman–Crippen MR) is 76.1 cm³/mol. The second-order valence-electron chi connectivity index (χ2n) is 4.27. The Bertz CT molecular complexity index is 665. The fourth-order valence-corrected chi connectivity index (χ4v) is 3.12. The second kappa shape index (κ2) is 5.44. The first-order chi connectivity index (χ1) is 8.88. The molecule has 0 fully saturated rings. The van der Waals surface area contributed by atoms with Gasteiger partial charge in [-0.3, -0.25) is 0 Å². The Morgan fingerprint density at radius 3 is 2.47 bits per heavy atom. The average Bonchev–Trinajstić information content (AvgIpc) is 2.77. The zero-order chi connectivity index (χ0) is 14.0. The third-order valence-electron chi connectivity index (χ3n) is 2.66. The molecule has 0 saturated heterocycles. The number of benzene rings is 1. The number of nitrogens with zero attached hydrogens (tertiary/aromatic N) is 2. The number of aryl methyl sites for hydroxylation is 1. The number of imidazole rings is 1. The molecule has 1 aromatic carbocycles. The Labute approximate surface area is 120 Å². The Kier molecular flexibility index (Phi) is 4.07. The van der Waals surface area contributed by atoms with Crippen molar-refractivity contribution in [1.29, 1.82) is 0 Å². The fraction of sp³-hybridized carbons (Fsp3) is 0.250. The van der Waals surface area contributed by atoms with Crippen molar-refractivity contribution in [2.24, 2.45) is 7.05 Å². The molecule has 0 saturated carbocycles. The topological polar surface area (TPSA) is 64.0 Å². The van der Waals surface area contributed by atoms with Crippen LogP contribution in [0.3, 0.4) is 0 Å². The van der Waals surface area contributed by atoms with Crippen molar-refractivity contribution in [3.63, 3.8) is 0 Å². The molecule has 1 heterocycles. The van der Waals surface area contributed by atoms with Crippen LogP contribution >= 0.6 is 15.9 Å². The number of halogens is 1. The van der Waals surface area contributed by atoms with Gasteiger partial charge in [0.15, 0.2) is 5.03 Å². The highest BCUT2D eigenvalue weighted by Gasteiger charge is 2.20. The molecular weight excluding hydrogens is 330 g/mol. The molecule has 2 rings (SSSR count). The summed E-state index contributed by atoms with van der Waals surface area (Å²) < 4.78 is 29.4. The molecule has 1 unspecified atom stereocenters. The van der Waals surface area contributed by atoms with Crippen molar-refractivity contribution in [2.45, 2.75) is 18.0 Å². The molecule has 7 heteroatoms. The van der Waals surface area contributed by atoms with E-state index >= 15 is 0 Å². The van der Waals surface area contributed by atoms with Gasteiger partial charge in [-0.15, -0.1) is 0 Å². The van der Waals surface area contributed by atoms with E-state index in [1.807, 2.05) is 24.3 Å². The Balaban J connectivity index is 2.18. The van der Waals surface area contributed by atoms with Gasteiger partial charge in [-0.2, -0.15) is 0 Å². The molecule has 0 aliphatic rings. The first kappa shape index (κ1) is 14.2. The van der Waals surface area contributed by atoms with Gasteiger partial charge in [0, 0.05) is 23.8 Å². The Morgan fingerprint density at radius 1 is 1.32 bits per heavy atom. The number of sulfonamides is 1. The van der Waals surface area contributed by atoms with E-state index in [9.17, 15) is 8.42 Å². The molecule has 1 atom stereocenters. The first-order valence-corrected chi connectivity index (χ1v) is 7.92. The molecule has 1 aromatic heterocycles. The van der Waals surface area contributed by atoms with E-state index < -0.39 is 10.0 Å². The van der Waals surface area contributed by atoms with Gasteiger partial charge in [0.2, 0.25) is 0 Å². The fourth-order valence-electron chi connectivity index (χ4n) is 1.64. The lowest BCUT2D eigenvalue weighted by atomic mass is 10.1. The van der Waals surface area contributed by atoms with Crippen LogP contribution < -0.4 is 4.72 Å². The van der Waals surface area contributed by atoms with E-state index in [0.717, 1.165) is 10.0 Å². The third-order valence-corrected chi connectivity index (χ3v) is 4.61. The lowest BCUT2D eigenvalue weighted by Crippen LogP contribution is -2.27. The summed E-state index contributed by atoms with van der Waals surface area (Å²) in [6, 6.07) is 7.17. The van der Waals surface area contributed by atoms with Crippen LogP contribution in [0, 0.1) is 0 Å². The number of hydrogen-bond acceptors (Lipinski definition) is 3. The Morgan fingerprint density at radius 2 is 1.95 bits per heavy atom. The van der Waals surface area contributed by atoms with Gasteiger partial charge in [0.25, 0.3) is 10.0 Å². The first-order valence-electron chi connectivity index (χ1n) is 5.64. The predicted octanol–water partition coefficient (Wildman–Crippen LogP) is 2.22. The van der Waals surface area contributed by atoms with Crippen molar-refractivity contribution < 1.29 is 8.42 Å². The molecule has 0 radical (unpaired) electrons. The summed E-state index contributed by atoms with van der Waals surface area (Å²) in [7, 11) is -1.86. The highest BCUT2D eigenvalue weighted by Crippen LogP contribution is 2.18. The van der Waals surface area contributed by atoms with Crippen LogP contribution in [-0.4, -0.2) is 18.0 Å². The van der Waals surface area contributed by atoms with E-state index in [1.54, 1.807) is 18.5 Å². The second-order valence-corrected chi connectivity index (χ2v) is 6.85. The normalized spacial score (nSPS) is 13.4. The lowest BCUT2D eigenvalue weighted by molar-refractivity contribution is 0.563. The van der Waals surface area contributed by atoms with Crippen LogP contribution in [0.2, 0.25) is 0 Å². The maximum atomic E-state index is 12.1. The molecule has 19 heavy (non-hydrogen) atoms. The van der Waals surface area contributed by atoms with Crippen LogP contribution in [0.5, 0.6) is 0 Å². The molecule has 0 bridgehead atoms. The summed E-state index contributed by atoms with van der Waals surface area (Å²) in [6.07, 6.45) is 2.93. The third kappa shape index (κ3) is 3.43. The molecule has 2 aromatic rings. The zero-order valence-corrected chi connectivity index (χ0v) is 12.9. The number of hydrogen-bond donors (Lipinski definition) is 1. The van der Waals surface area contributed by atoms with Gasteiger partial charge >= 0.3 is 0 Å². The Hall–Kier alpha value is -1.18. The quantitative estimate of drug-likeness (QED) is 0.925. The van der Waals surface area contributed by atoms with E-state index in [1.165, 1.54) is 12.5 Å². The van der Waals surface area contributed by atoms with Gasteiger partial charge in [-0.25, -0.2) is 18.1 Å². The summed E-state index contributed by atoms with van der Waals surface area (Å²) in [5.74, 6) is 0. The van der Waals surface area contributed by atoms with Crippen molar-refractivity contribution in [3.8, 4) is 0 Å². The monoisotopic (exact) mass is 343 g/mol. The molecule has 1 N–H and O–H groups in total. The SMILES string of the molecule is CC(NS(=O)(=O)c1cn(C)cn1)c1ccc(Br)cc1. The van der Waals surface area contributed by atoms with Crippen LogP contribution in [0.15, 0.2) is 46.3 Å². The summed E-state index contributed by atoms with van der Waals surface area (Å²) in [5.41, 5.74) is 0.891. The number of rotatable bonds is 4. The molecule has 102 valence electrons. The summed E-state index contributed by atoms with van der Waals surface area (Å²) in [4.78, 5) is 3.85. The highest BCUT2D eigenvalue weighted by molar-refractivity contribution is 9.10. The van der Waals surface area contributed by atoms with Gasteiger partial charge in [-0.05, 0) is 24.6 Å². The summed E-state index contributed by atoms with van der Waals surface area (Å²) in [6.45, 7) is 1.80. The molecule has 5 nitrogen and oxygen atoms in total. The number of aromatic nitrogens is 2. The average molecular weight is 344 g/mol. The number of nitrogens with one attached hydrogen (secondary N) is 1. The minimum absolute atomic E-state index is 0.0268. The van der Waals surface area contributed by atoms with E-state index in [0.29, 0.717) is 0 Å². The van der Waals surface area contributed by atoms with E-state index in [-0.39, 0.29) is 11.1 Å². The minimum Gasteiger partial charge on any atom is -0.339 e. The maximum absolute atomic E-state index is 12.1. The largest absolute Gasteiger partial charge is 0.339 e. The van der Waals surface area contributed by atoms with Crippen molar-refractivity contribution >= 4 is 26.0 Å². The van der Waals surface area contributed by atoms with Crippen LogP contribution in [-0.2, 0) is 17.1 Å². The van der Waals surface area contributed by atoms with Gasteiger partial charge in [0.1, 0.15) is 0 Å². The smallest absolute Gasteiger partial charge is 0.260 e. The van der Waals surface area contributed by atoms with Crippen LogP contribution in [0.1, 0.15) is 18.5 Å². The van der Waals surface area contributed by atoms with Crippen molar-refractivity contribution in [2.75, 3.05) is 0 Å². The molecule has 0 amide bonds. The molecule has 0 spiro atoms. The van der Waals surface area contributed by atoms with Gasteiger partial charge in [0.05, 0.1) is 6.33 Å². The van der Waals surface area contributed by atoms with Gasteiger partial charge < -0.3 is 4.57 Å². The van der Waals surface area contributed by atoms with Crippen LogP contribution in [0.25, 0.3) is 0 Å². The van der Waals surface area contributed by atoms with E-state index in [4.69, 9.17) is 0 Å². The molecular formula is C12H14BrN3O2S. The van der Waals surface area contributed by atoms with Crippen LogP contribution in [0.4, 0.5) is 0 Å². The summed E-state index contributed by atoms with van der Waals surface area (Å²) >= 11 is 3.34. The minimum atomic E-state index is -3.59. The van der Waals surface area contributed by atoms with Gasteiger partial charge in [-0.1, -0.05) is 28.1 Å². The molecule has 0 aliphatic carbocycles. The maximum Gasteiger partial charge on any atom is 0.260 e.